The summed E-state index contributed by atoms with van der Waals surface area (Å²) in [6, 6.07) is 0.258. The van der Waals surface area contributed by atoms with Gasteiger partial charge in [0.25, 0.3) is 0 Å². The maximum Gasteiger partial charge on any atom is 0.0847 e. The highest BCUT2D eigenvalue weighted by Gasteiger charge is 2.37. The van der Waals surface area contributed by atoms with Crippen LogP contribution in [0.3, 0.4) is 0 Å². The lowest BCUT2D eigenvalue weighted by atomic mass is 9.79. The molecule has 19 heavy (non-hydrogen) atoms. The van der Waals surface area contributed by atoms with Gasteiger partial charge in [0.2, 0.25) is 0 Å². The van der Waals surface area contributed by atoms with Gasteiger partial charge in [0.15, 0.2) is 0 Å². The standard InChI is InChI=1S/C14H25ClN4/c1-4-19-11(13(15)10(2)18-19)9-12(17-16)14(3)7-5-6-8-14/h12,17H,4-9,16H2,1-3H3. The first-order chi connectivity index (χ1) is 9.01. The molecule has 0 bridgehead atoms. The smallest absolute Gasteiger partial charge is 0.0847 e. The lowest BCUT2D eigenvalue weighted by Crippen LogP contribution is -2.47. The molecule has 0 spiro atoms. The maximum atomic E-state index is 6.39. The van der Waals surface area contributed by atoms with Crippen LogP contribution in [0.2, 0.25) is 5.02 Å². The molecule has 0 amide bonds. The van der Waals surface area contributed by atoms with E-state index in [1.54, 1.807) is 0 Å². The fraction of sp³-hybridized carbons (Fsp3) is 0.786. The summed E-state index contributed by atoms with van der Waals surface area (Å²) in [5, 5.41) is 5.28. The van der Waals surface area contributed by atoms with E-state index in [-0.39, 0.29) is 11.5 Å². The zero-order chi connectivity index (χ0) is 14.0. The van der Waals surface area contributed by atoms with Gasteiger partial charge in [-0.25, -0.2) is 0 Å². The zero-order valence-electron chi connectivity index (χ0n) is 12.2. The lowest BCUT2D eigenvalue weighted by Gasteiger charge is -2.33. The molecule has 1 fully saturated rings. The van der Waals surface area contributed by atoms with Crippen LogP contribution in [0.1, 0.15) is 50.9 Å². The molecule has 4 nitrogen and oxygen atoms in total. The highest BCUT2D eigenvalue weighted by molar-refractivity contribution is 6.31. The van der Waals surface area contributed by atoms with E-state index < -0.39 is 0 Å². The highest BCUT2D eigenvalue weighted by atomic mass is 35.5. The van der Waals surface area contributed by atoms with Gasteiger partial charge in [0.1, 0.15) is 0 Å². The van der Waals surface area contributed by atoms with Crippen LogP contribution in [0, 0.1) is 12.3 Å². The van der Waals surface area contributed by atoms with Gasteiger partial charge >= 0.3 is 0 Å². The van der Waals surface area contributed by atoms with Crippen molar-refractivity contribution in [2.45, 2.75) is 65.5 Å². The third kappa shape index (κ3) is 2.81. The first kappa shape index (κ1) is 14.8. The summed E-state index contributed by atoms with van der Waals surface area (Å²) in [5.74, 6) is 5.81. The monoisotopic (exact) mass is 284 g/mol. The quantitative estimate of drug-likeness (QED) is 0.646. The van der Waals surface area contributed by atoms with E-state index in [1.165, 1.54) is 25.7 Å². The number of nitrogens with one attached hydrogen (secondary N) is 1. The van der Waals surface area contributed by atoms with Crippen LogP contribution in [0.25, 0.3) is 0 Å². The maximum absolute atomic E-state index is 6.39. The van der Waals surface area contributed by atoms with Crippen LogP contribution in [0.5, 0.6) is 0 Å². The molecule has 0 saturated heterocycles. The number of hydrazine groups is 1. The highest BCUT2D eigenvalue weighted by Crippen LogP contribution is 2.41. The molecule has 3 N–H and O–H groups in total. The van der Waals surface area contributed by atoms with Crippen LogP contribution >= 0.6 is 11.6 Å². The number of nitrogens with two attached hydrogens (primary N) is 1. The molecule has 1 unspecified atom stereocenters. The van der Waals surface area contributed by atoms with Crippen molar-refractivity contribution in [2.24, 2.45) is 11.3 Å². The molecule has 1 saturated carbocycles. The summed E-state index contributed by atoms with van der Waals surface area (Å²) in [7, 11) is 0. The van der Waals surface area contributed by atoms with Crippen LogP contribution in [0.15, 0.2) is 0 Å². The number of aryl methyl sites for hydroxylation is 2. The van der Waals surface area contributed by atoms with Crippen molar-refractivity contribution in [1.29, 1.82) is 0 Å². The third-order valence-corrected chi connectivity index (χ3v) is 5.13. The minimum atomic E-state index is 0.258. The Balaban J connectivity index is 2.23. The van der Waals surface area contributed by atoms with Gasteiger partial charge in [-0.3, -0.25) is 16.0 Å². The van der Waals surface area contributed by atoms with E-state index in [1.807, 2.05) is 11.6 Å². The first-order valence-corrected chi connectivity index (χ1v) is 7.57. The second kappa shape index (κ2) is 5.81. The fourth-order valence-electron chi connectivity index (χ4n) is 3.29. The molecule has 1 aromatic heterocycles. The van der Waals surface area contributed by atoms with Crippen molar-refractivity contribution in [1.82, 2.24) is 15.2 Å². The summed E-state index contributed by atoms with van der Waals surface area (Å²) in [4.78, 5) is 0. The normalized spacial score (nSPS) is 19.8. The molecule has 1 aliphatic carbocycles. The van der Waals surface area contributed by atoms with Crippen molar-refractivity contribution in [3.05, 3.63) is 16.4 Å². The Morgan fingerprint density at radius 1 is 1.47 bits per heavy atom. The van der Waals surface area contributed by atoms with Gasteiger partial charge in [-0.2, -0.15) is 5.10 Å². The van der Waals surface area contributed by atoms with Crippen molar-refractivity contribution in [3.63, 3.8) is 0 Å². The molecule has 1 atom stereocenters. The summed E-state index contributed by atoms with van der Waals surface area (Å²) in [6.07, 6.45) is 5.92. The molecule has 2 rings (SSSR count). The molecular formula is C14H25ClN4. The molecule has 108 valence electrons. The Labute approximate surface area is 120 Å². The molecule has 1 aromatic rings. The number of nitrogens with zero attached hydrogens (tertiary/aromatic N) is 2. The Morgan fingerprint density at radius 2 is 2.11 bits per heavy atom. The SMILES string of the molecule is CCn1nc(C)c(Cl)c1CC(NN)C1(C)CCCC1. The second-order valence-corrected chi connectivity index (χ2v) is 6.32. The van der Waals surface area contributed by atoms with Crippen LogP contribution in [-0.4, -0.2) is 15.8 Å². The van der Waals surface area contributed by atoms with Gasteiger partial charge in [-0.15, -0.1) is 0 Å². The molecule has 0 aromatic carbocycles. The average Bonchev–Trinajstić information content (AvgIpc) is 2.94. The minimum Gasteiger partial charge on any atom is -0.271 e. The van der Waals surface area contributed by atoms with Crippen molar-refractivity contribution < 1.29 is 0 Å². The summed E-state index contributed by atoms with van der Waals surface area (Å²) in [5.41, 5.74) is 5.31. The zero-order valence-corrected chi connectivity index (χ0v) is 12.9. The first-order valence-electron chi connectivity index (χ1n) is 7.19. The largest absolute Gasteiger partial charge is 0.271 e. The van der Waals surface area contributed by atoms with Crippen molar-refractivity contribution >= 4 is 11.6 Å². The Morgan fingerprint density at radius 3 is 2.63 bits per heavy atom. The number of aromatic nitrogens is 2. The van der Waals surface area contributed by atoms with Gasteiger partial charge < -0.3 is 0 Å². The molecule has 0 radical (unpaired) electrons. The molecule has 5 heteroatoms. The van der Waals surface area contributed by atoms with Crippen molar-refractivity contribution in [3.8, 4) is 0 Å². The van der Waals surface area contributed by atoms with E-state index in [2.05, 4.69) is 24.4 Å². The topological polar surface area (TPSA) is 55.9 Å². The molecular weight excluding hydrogens is 260 g/mol. The predicted molar refractivity (Wildman–Crippen MR) is 79.0 cm³/mol. The van der Waals surface area contributed by atoms with E-state index in [0.29, 0.717) is 0 Å². The van der Waals surface area contributed by atoms with Gasteiger partial charge in [-0.1, -0.05) is 31.4 Å². The predicted octanol–water partition coefficient (Wildman–Crippen LogP) is 2.82. The van der Waals surface area contributed by atoms with E-state index in [0.717, 1.165) is 29.4 Å². The Hall–Kier alpha value is -0.580. The van der Waals surface area contributed by atoms with Gasteiger partial charge in [0, 0.05) is 19.0 Å². The summed E-state index contributed by atoms with van der Waals surface area (Å²) in [6.45, 7) is 7.23. The Bertz CT molecular complexity index is 435. The summed E-state index contributed by atoms with van der Waals surface area (Å²) < 4.78 is 2.00. The minimum absolute atomic E-state index is 0.258. The second-order valence-electron chi connectivity index (χ2n) is 5.95. The number of hydrogen-bond acceptors (Lipinski definition) is 3. The van der Waals surface area contributed by atoms with Crippen LogP contribution in [-0.2, 0) is 13.0 Å². The summed E-state index contributed by atoms with van der Waals surface area (Å²) >= 11 is 6.39. The number of hydrogen-bond donors (Lipinski definition) is 2. The Kier molecular flexibility index (Phi) is 4.54. The van der Waals surface area contributed by atoms with E-state index >= 15 is 0 Å². The van der Waals surface area contributed by atoms with Gasteiger partial charge in [0.05, 0.1) is 16.4 Å². The van der Waals surface area contributed by atoms with E-state index in [4.69, 9.17) is 17.4 Å². The fourth-order valence-corrected chi connectivity index (χ4v) is 3.51. The molecule has 1 aliphatic rings. The number of rotatable bonds is 5. The molecule has 1 heterocycles. The number of halogens is 1. The van der Waals surface area contributed by atoms with Gasteiger partial charge in [-0.05, 0) is 32.1 Å². The van der Waals surface area contributed by atoms with E-state index in [9.17, 15) is 0 Å². The molecule has 0 aliphatic heterocycles. The lowest BCUT2D eigenvalue weighted by molar-refractivity contribution is 0.218. The van der Waals surface area contributed by atoms with Crippen molar-refractivity contribution in [2.75, 3.05) is 0 Å². The average molecular weight is 285 g/mol. The van der Waals surface area contributed by atoms with Crippen LogP contribution in [0.4, 0.5) is 0 Å². The third-order valence-electron chi connectivity index (χ3n) is 4.64. The van der Waals surface area contributed by atoms with Crippen LogP contribution < -0.4 is 11.3 Å².